The van der Waals surface area contributed by atoms with Crippen molar-refractivity contribution >= 4 is 54.2 Å². The van der Waals surface area contributed by atoms with E-state index in [-0.39, 0.29) is 0 Å². The summed E-state index contributed by atoms with van der Waals surface area (Å²) in [7, 11) is 0. The van der Waals surface area contributed by atoms with E-state index >= 15 is 0 Å². The van der Waals surface area contributed by atoms with E-state index in [1.165, 1.54) is 17.4 Å². The van der Waals surface area contributed by atoms with Crippen LogP contribution in [0.25, 0.3) is 21.7 Å². The van der Waals surface area contributed by atoms with Crippen molar-refractivity contribution in [2.24, 2.45) is 0 Å². The second kappa shape index (κ2) is 4.85. The number of fused-ring (bicyclic) bond motifs is 1. The number of benzene rings is 1. The van der Waals surface area contributed by atoms with Gasteiger partial charge in [-0.25, -0.2) is 4.98 Å². The van der Waals surface area contributed by atoms with Gasteiger partial charge in [0.25, 0.3) is 0 Å². The van der Waals surface area contributed by atoms with Crippen LogP contribution in [0.15, 0.2) is 32.5 Å². The van der Waals surface area contributed by atoms with Crippen molar-refractivity contribution in [3.8, 4) is 10.7 Å². The molecule has 1 N–H and O–H groups in total. The fourth-order valence-corrected chi connectivity index (χ4v) is 3.75. The summed E-state index contributed by atoms with van der Waals surface area (Å²) < 4.78 is 39.8. The lowest BCUT2D eigenvalue weighted by Gasteiger charge is -2.05. The lowest BCUT2D eigenvalue weighted by atomic mass is 10.2. The predicted molar refractivity (Wildman–Crippen MR) is 79.8 cm³/mol. The summed E-state index contributed by atoms with van der Waals surface area (Å²) in [5, 5.41) is 0. The van der Waals surface area contributed by atoms with Gasteiger partial charge in [-0.15, -0.1) is 11.3 Å². The zero-order valence-corrected chi connectivity index (χ0v) is 13.5. The van der Waals surface area contributed by atoms with Gasteiger partial charge in [0, 0.05) is 4.47 Å². The lowest BCUT2D eigenvalue weighted by molar-refractivity contribution is -0.137. The molecule has 0 saturated carbocycles. The van der Waals surface area contributed by atoms with Crippen molar-refractivity contribution in [1.82, 2.24) is 9.97 Å². The first-order chi connectivity index (χ1) is 9.34. The summed E-state index contributed by atoms with van der Waals surface area (Å²) in [5.74, 6) is 0.552. The number of hydrogen-bond donors (Lipinski definition) is 1. The summed E-state index contributed by atoms with van der Waals surface area (Å²) in [6.07, 6.45) is -4.35. The molecule has 2 aromatic heterocycles. The summed E-state index contributed by atoms with van der Waals surface area (Å²) in [6, 6.07) is 5.34. The maximum atomic E-state index is 12.7. The van der Waals surface area contributed by atoms with Gasteiger partial charge < -0.3 is 4.98 Å². The van der Waals surface area contributed by atoms with E-state index in [1.54, 1.807) is 0 Å². The third-order valence-electron chi connectivity index (χ3n) is 2.69. The molecule has 0 amide bonds. The lowest BCUT2D eigenvalue weighted by Crippen LogP contribution is -2.04. The molecule has 0 bridgehead atoms. The average molecular weight is 426 g/mol. The second-order valence-electron chi connectivity index (χ2n) is 4.05. The van der Waals surface area contributed by atoms with Gasteiger partial charge in [0.1, 0.15) is 5.82 Å². The first-order valence-corrected chi connectivity index (χ1v) is 7.77. The molecule has 104 valence electrons. The Balaban J connectivity index is 2.11. The molecule has 0 unspecified atom stereocenters. The fraction of sp³-hybridized carbons (Fsp3) is 0.0833. The molecule has 1 aromatic carbocycles. The molecule has 3 rings (SSSR count). The third kappa shape index (κ3) is 2.51. The second-order valence-corrected chi connectivity index (χ2v) is 7.27. The fourth-order valence-electron chi connectivity index (χ4n) is 1.77. The molecular weight excluding hydrogens is 421 g/mol. The molecule has 0 radical (unpaired) electrons. The minimum absolute atomic E-state index is 0.371. The Hall–Kier alpha value is -0.860. The molecule has 8 heteroatoms. The molecule has 0 aliphatic carbocycles. The minimum Gasteiger partial charge on any atom is -0.337 e. The number of nitrogens with one attached hydrogen (secondary N) is 1. The molecule has 20 heavy (non-hydrogen) atoms. The zero-order chi connectivity index (χ0) is 14.5. The van der Waals surface area contributed by atoms with Gasteiger partial charge in [-0.2, -0.15) is 13.2 Å². The number of rotatable bonds is 1. The first-order valence-electron chi connectivity index (χ1n) is 5.37. The highest BCUT2D eigenvalue weighted by Crippen LogP contribution is 2.38. The Kier molecular flexibility index (Phi) is 3.42. The molecule has 0 atom stereocenters. The largest absolute Gasteiger partial charge is 0.416 e. The summed E-state index contributed by atoms with van der Waals surface area (Å²) in [6.45, 7) is 0. The number of nitrogens with zero attached hydrogens (tertiary/aromatic N) is 1. The summed E-state index contributed by atoms with van der Waals surface area (Å²) in [5.41, 5.74) is 0.192. The van der Waals surface area contributed by atoms with Crippen LogP contribution in [0.2, 0.25) is 0 Å². The van der Waals surface area contributed by atoms with E-state index in [4.69, 9.17) is 0 Å². The van der Waals surface area contributed by atoms with Crippen molar-refractivity contribution in [3.63, 3.8) is 0 Å². The van der Waals surface area contributed by atoms with Gasteiger partial charge in [-0.3, -0.25) is 0 Å². The van der Waals surface area contributed by atoms with Crippen LogP contribution in [0, 0.1) is 0 Å². The Morgan fingerprint density at radius 1 is 1.15 bits per heavy atom. The van der Waals surface area contributed by atoms with E-state index in [2.05, 4.69) is 41.8 Å². The van der Waals surface area contributed by atoms with Crippen molar-refractivity contribution in [3.05, 3.63) is 38.1 Å². The van der Waals surface area contributed by atoms with Gasteiger partial charge in [0.2, 0.25) is 0 Å². The SMILES string of the molecule is FC(F)(F)c1ccc2nc(-c3cc(Br)c(Br)s3)[nH]c2c1. The standard InChI is InChI=1S/C12H5Br2F3N2S/c13-6-4-9(20-10(6)14)11-18-7-2-1-5(12(15,16)17)3-8(7)19-11/h1-4H,(H,18,19). The van der Waals surface area contributed by atoms with Crippen LogP contribution in [0.5, 0.6) is 0 Å². The monoisotopic (exact) mass is 424 g/mol. The molecule has 0 fully saturated rings. The van der Waals surface area contributed by atoms with Crippen molar-refractivity contribution < 1.29 is 13.2 Å². The number of aromatic amines is 1. The van der Waals surface area contributed by atoms with Crippen molar-refractivity contribution in [1.29, 1.82) is 0 Å². The number of alkyl halides is 3. The zero-order valence-electron chi connectivity index (χ0n) is 9.55. The molecule has 0 aliphatic heterocycles. The molecule has 0 spiro atoms. The van der Waals surface area contributed by atoms with Crippen LogP contribution in [0.3, 0.4) is 0 Å². The summed E-state index contributed by atoms with van der Waals surface area (Å²) in [4.78, 5) is 8.07. The number of imidazole rings is 1. The van der Waals surface area contributed by atoms with Gasteiger partial charge >= 0.3 is 6.18 Å². The van der Waals surface area contributed by atoms with E-state index in [9.17, 15) is 13.2 Å². The van der Waals surface area contributed by atoms with E-state index in [0.29, 0.717) is 16.9 Å². The molecular formula is C12H5Br2F3N2S. The maximum absolute atomic E-state index is 12.7. The van der Waals surface area contributed by atoms with E-state index in [1.807, 2.05) is 6.07 Å². The van der Waals surface area contributed by atoms with E-state index in [0.717, 1.165) is 25.3 Å². The smallest absolute Gasteiger partial charge is 0.337 e. The number of thiophene rings is 1. The van der Waals surface area contributed by atoms with Crippen LogP contribution >= 0.6 is 43.2 Å². The Morgan fingerprint density at radius 3 is 2.50 bits per heavy atom. The van der Waals surface area contributed by atoms with Crippen molar-refractivity contribution in [2.75, 3.05) is 0 Å². The van der Waals surface area contributed by atoms with Crippen LogP contribution in [0.1, 0.15) is 5.56 Å². The van der Waals surface area contributed by atoms with Crippen LogP contribution in [-0.2, 0) is 6.18 Å². The summed E-state index contributed by atoms with van der Waals surface area (Å²) >= 11 is 8.19. The van der Waals surface area contributed by atoms with Crippen molar-refractivity contribution in [2.45, 2.75) is 6.18 Å². The first kappa shape index (κ1) is 14.1. The Bertz CT molecular complexity index is 772. The topological polar surface area (TPSA) is 28.7 Å². The highest BCUT2D eigenvalue weighted by Gasteiger charge is 2.30. The quantitative estimate of drug-likeness (QED) is 0.521. The molecule has 2 heterocycles. The molecule has 2 nitrogen and oxygen atoms in total. The average Bonchev–Trinajstić information content (AvgIpc) is 2.91. The number of halogens is 5. The van der Waals surface area contributed by atoms with Crippen LogP contribution in [0.4, 0.5) is 13.2 Å². The normalized spacial score (nSPS) is 12.2. The number of H-pyrrole nitrogens is 1. The van der Waals surface area contributed by atoms with E-state index < -0.39 is 11.7 Å². The Morgan fingerprint density at radius 2 is 1.90 bits per heavy atom. The number of aromatic nitrogens is 2. The molecule has 0 saturated heterocycles. The maximum Gasteiger partial charge on any atom is 0.416 e. The minimum atomic E-state index is -4.35. The van der Waals surface area contributed by atoms with Crippen LogP contribution < -0.4 is 0 Å². The van der Waals surface area contributed by atoms with Gasteiger partial charge in [-0.1, -0.05) is 0 Å². The number of hydrogen-bond acceptors (Lipinski definition) is 2. The highest BCUT2D eigenvalue weighted by atomic mass is 79.9. The molecule has 3 aromatic rings. The highest BCUT2D eigenvalue weighted by molar-refractivity contribution is 9.13. The van der Waals surface area contributed by atoms with Gasteiger partial charge in [0.05, 0.1) is 25.3 Å². The third-order valence-corrected chi connectivity index (χ3v) is 5.95. The van der Waals surface area contributed by atoms with Gasteiger partial charge in [-0.05, 0) is 56.1 Å². The predicted octanol–water partition coefficient (Wildman–Crippen LogP) is 5.84. The van der Waals surface area contributed by atoms with Gasteiger partial charge in [0.15, 0.2) is 0 Å². The van der Waals surface area contributed by atoms with Crippen LogP contribution in [-0.4, -0.2) is 9.97 Å². The molecule has 0 aliphatic rings. The Labute approximate surface area is 132 Å².